The van der Waals surface area contributed by atoms with Gasteiger partial charge in [-0.15, -0.1) is 0 Å². The van der Waals surface area contributed by atoms with Crippen molar-refractivity contribution in [3.63, 3.8) is 0 Å². The van der Waals surface area contributed by atoms with Gasteiger partial charge in [0.25, 0.3) is 0 Å². The first-order valence-electron chi connectivity index (χ1n) is 10.3. The standard InChI is InChI=1S/C21H25FN4O3/c1-13(27)24-11-16-12-26(19-20(28-16)29-19)15-2-3-18(17(22)8-15)25-6-4-21(5-7-25)9-14(21)10-23/h2-3,8,14,16,19-20H,4-7,9,11-12H2,1H3,(H,24,27)/t14?,16-,19?,20?/m0/s1. The third-order valence-electron chi connectivity index (χ3n) is 6.75. The van der Waals surface area contributed by atoms with E-state index in [1.165, 1.54) is 6.92 Å². The largest absolute Gasteiger partial charge is 0.369 e. The van der Waals surface area contributed by atoms with Gasteiger partial charge in [-0.1, -0.05) is 0 Å². The minimum Gasteiger partial charge on any atom is -0.369 e. The molecule has 0 radical (unpaired) electrons. The summed E-state index contributed by atoms with van der Waals surface area (Å²) in [7, 11) is 0. The zero-order valence-corrected chi connectivity index (χ0v) is 16.4. The number of epoxide rings is 1. The van der Waals surface area contributed by atoms with Gasteiger partial charge in [0.2, 0.25) is 12.2 Å². The fourth-order valence-corrected chi connectivity index (χ4v) is 4.80. The van der Waals surface area contributed by atoms with Gasteiger partial charge in [-0.05, 0) is 42.9 Å². The first-order chi connectivity index (χ1) is 14.0. The normalized spacial score (nSPS) is 31.8. The molecule has 3 aliphatic heterocycles. The topological polar surface area (TPSA) is 81.1 Å². The number of carbonyl (C=O) groups excluding carboxylic acids is 1. The lowest BCUT2D eigenvalue weighted by molar-refractivity contribution is -0.120. The summed E-state index contributed by atoms with van der Waals surface area (Å²) in [4.78, 5) is 15.3. The molecule has 29 heavy (non-hydrogen) atoms. The van der Waals surface area contributed by atoms with Crippen molar-refractivity contribution < 1.29 is 18.7 Å². The van der Waals surface area contributed by atoms with E-state index in [-0.39, 0.29) is 41.7 Å². The Morgan fingerprint density at radius 3 is 2.83 bits per heavy atom. The Kier molecular flexibility index (Phi) is 4.41. The third kappa shape index (κ3) is 3.43. The Bertz CT molecular complexity index is 864. The minimum atomic E-state index is -0.324. The second kappa shape index (κ2) is 6.85. The summed E-state index contributed by atoms with van der Waals surface area (Å²) in [6.45, 7) is 3.98. The molecule has 1 aliphatic carbocycles. The molecule has 4 fully saturated rings. The summed E-state index contributed by atoms with van der Waals surface area (Å²) < 4.78 is 26.3. The van der Waals surface area contributed by atoms with Crippen LogP contribution in [0.5, 0.6) is 0 Å². The lowest BCUT2D eigenvalue weighted by Gasteiger charge is -2.35. The quantitative estimate of drug-likeness (QED) is 0.779. The monoisotopic (exact) mass is 400 g/mol. The highest BCUT2D eigenvalue weighted by atomic mass is 19.1. The molecule has 3 saturated heterocycles. The molecule has 8 heteroatoms. The van der Waals surface area contributed by atoms with Crippen LogP contribution in [0.4, 0.5) is 15.8 Å². The van der Waals surface area contributed by atoms with Crippen molar-refractivity contribution in [2.24, 2.45) is 11.3 Å². The number of nitriles is 1. The number of nitrogens with zero attached hydrogens (tertiary/aromatic N) is 3. The molecule has 0 bridgehead atoms. The van der Waals surface area contributed by atoms with Crippen LogP contribution in [0.15, 0.2) is 18.2 Å². The maximum Gasteiger partial charge on any atom is 0.216 e. The number of hydrogen-bond donors (Lipinski definition) is 1. The van der Waals surface area contributed by atoms with Gasteiger partial charge in [-0.25, -0.2) is 4.39 Å². The number of benzene rings is 1. The molecule has 3 heterocycles. The highest BCUT2D eigenvalue weighted by Crippen LogP contribution is 2.59. The molecule has 3 unspecified atom stereocenters. The van der Waals surface area contributed by atoms with Crippen LogP contribution >= 0.6 is 0 Å². The van der Waals surface area contributed by atoms with Crippen molar-refractivity contribution in [1.29, 1.82) is 5.26 Å². The number of piperidine rings is 1. The molecular formula is C21H25FN4O3. The van der Waals surface area contributed by atoms with Crippen molar-refractivity contribution in [2.45, 2.75) is 44.8 Å². The summed E-state index contributed by atoms with van der Waals surface area (Å²) in [6, 6.07) is 7.72. The number of rotatable bonds is 4. The molecule has 7 nitrogen and oxygen atoms in total. The second-order valence-corrected chi connectivity index (χ2v) is 8.61. The Hall–Kier alpha value is -2.37. The SMILES string of the molecule is CC(=O)NC[C@H]1CN(c2ccc(N3CCC4(CC3)CC4C#N)c(F)c2)C2OC2O1. The van der Waals surface area contributed by atoms with Crippen LogP contribution < -0.4 is 15.1 Å². The predicted octanol–water partition coefficient (Wildman–Crippen LogP) is 1.98. The van der Waals surface area contributed by atoms with Gasteiger partial charge < -0.3 is 24.6 Å². The van der Waals surface area contributed by atoms with Crippen LogP contribution in [0.2, 0.25) is 0 Å². The van der Waals surface area contributed by atoms with E-state index in [2.05, 4.69) is 16.3 Å². The molecule has 5 rings (SSSR count). The van der Waals surface area contributed by atoms with Crippen molar-refractivity contribution in [3.05, 3.63) is 24.0 Å². The number of fused-ring (bicyclic) bond motifs is 1. The Balaban J connectivity index is 1.25. The van der Waals surface area contributed by atoms with E-state index in [4.69, 9.17) is 14.7 Å². The van der Waals surface area contributed by atoms with Crippen molar-refractivity contribution in [2.75, 3.05) is 36.0 Å². The molecule has 4 aliphatic rings. The zero-order valence-electron chi connectivity index (χ0n) is 16.4. The first kappa shape index (κ1) is 18.6. The average molecular weight is 400 g/mol. The van der Waals surface area contributed by atoms with Crippen LogP contribution in [0.3, 0.4) is 0 Å². The van der Waals surface area contributed by atoms with Crippen molar-refractivity contribution in [1.82, 2.24) is 5.32 Å². The zero-order chi connectivity index (χ0) is 20.2. The molecule has 1 spiro atoms. The molecular weight excluding hydrogens is 375 g/mol. The molecule has 1 aromatic carbocycles. The van der Waals surface area contributed by atoms with E-state index < -0.39 is 0 Å². The minimum absolute atomic E-state index is 0.106. The number of anilines is 2. The van der Waals surface area contributed by atoms with Gasteiger partial charge in [0, 0.05) is 38.8 Å². The van der Waals surface area contributed by atoms with E-state index in [1.807, 2.05) is 17.0 Å². The molecule has 1 saturated carbocycles. The van der Waals surface area contributed by atoms with E-state index in [0.29, 0.717) is 18.8 Å². The lowest BCUT2D eigenvalue weighted by atomic mass is 9.91. The maximum absolute atomic E-state index is 15.0. The molecule has 1 N–H and O–H groups in total. The molecule has 0 aromatic heterocycles. The van der Waals surface area contributed by atoms with Crippen LogP contribution in [0, 0.1) is 28.5 Å². The van der Waals surface area contributed by atoms with Crippen LogP contribution in [-0.4, -0.2) is 50.7 Å². The van der Waals surface area contributed by atoms with E-state index in [1.54, 1.807) is 6.07 Å². The van der Waals surface area contributed by atoms with Crippen LogP contribution in [-0.2, 0) is 14.3 Å². The van der Waals surface area contributed by atoms with Crippen LogP contribution in [0.1, 0.15) is 26.2 Å². The number of morpholine rings is 1. The Morgan fingerprint density at radius 1 is 1.38 bits per heavy atom. The number of nitrogens with one attached hydrogen (secondary N) is 1. The van der Waals surface area contributed by atoms with Gasteiger partial charge in [-0.3, -0.25) is 4.79 Å². The number of carbonyl (C=O) groups is 1. The van der Waals surface area contributed by atoms with Gasteiger partial charge in [0.05, 0.1) is 23.8 Å². The van der Waals surface area contributed by atoms with Crippen LogP contribution in [0.25, 0.3) is 0 Å². The number of ether oxygens (including phenoxy) is 2. The van der Waals surface area contributed by atoms with Crippen molar-refractivity contribution in [3.8, 4) is 6.07 Å². The Morgan fingerprint density at radius 2 is 2.17 bits per heavy atom. The number of amides is 1. The fraction of sp³-hybridized carbons (Fsp3) is 0.619. The predicted molar refractivity (Wildman–Crippen MR) is 104 cm³/mol. The summed E-state index contributed by atoms with van der Waals surface area (Å²) in [5, 5.41) is 11.9. The summed E-state index contributed by atoms with van der Waals surface area (Å²) >= 11 is 0. The summed E-state index contributed by atoms with van der Waals surface area (Å²) in [5.41, 5.74) is 1.57. The second-order valence-electron chi connectivity index (χ2n) is 8.61. The smallest absolute Gasteiger partial charge is 0.216 e. The van der Waals surface area contributed by atoms with Gasteiger partial charge in [-0.2, -0.15) is 5.26 Å². The molecule has 154 valence electrons. The maximum atomic E-state index is 15.0. The number of hydrogen-bond acceptors (Lipinski definition) is 6. The van der Waals surface area contributed by atoms with E-state index in [0.717, 1.165) is 38.0 Å². The molecule has 1 aromatic rings. The van der Waals surface area contributed by atoms with Crippen molar-refractivity contribution >= 4 is 17.3 Å². The molecule has 4 atom stereocenters. The summed E-state index contributed by atoms with van der Waals surface area (Å²) in [5.74, 6) is -0.159. The highest BCUT2D eigenvalue weighted by Gasteiger charge is 2.55. The molecule has 1 amide bonds. The van der Waals surface area contributed by atoms with Gasteiger partial charge in [0.15, 0.2) is 6.23 Å². The van der Waals surface area contributed by atoms with E-state index in [9.17, 15) is 9.18 Å². The average Bonchev–Trinajstić information content (AvgIpc) is 3.62. The third-order valence-corrected chi connectivity index (χ3v) is 6.75. The van der Waals surface area contributed by atoms with Gasteiger partial charge in [0.1, 0.15) is 5.82 Å². The Labute approximate surface area is 169 Å². The summed E-state index contributed by atoms with van der Waals surface area (Å²) in [6.07, 6.45) is 2.20. The fourth-order valence-electron chi connectivity index (χ4n) is 4.80. The lowest BCUT2D eigenvalue weighted by Crippen LogP contribution is -2.47. The number of halogens is 1. The highest BCUT2D eigenvalue weighted by molar-refractivity contribution is 5.72. The van der Waals surface area contributed by atoms with Gasteiger partial charge >= 0.3 is 0 Å². The van der Waals surface area contributed by atoms with E-state index >= 15 is 0 Å². The first-order valence-corrected chi connectivity index (χ1v) is 10.3.